The van der Waals surface area contributed by atoms with Gasteiger partial charge >= 0.3 is 39.5 Å². The van der Waals surface area contributed by atoms with Crippen molar-refractivity contribution in [2.75, 3.05) is 39.6 Å². The molecule has 0 saturated heterocycles. The van der Waals surface area contributed by atoms with E-state index in [1.54, 1.807) is 0 Å². The van der Waals surface area contributed by atoms with E-state index in [1.165, 1.54) is 109 Å². The summed E-state index contributed by atoms with van der Waals surface area (Å²) in [6.45, 7) is 14.0. The van der Waals surface area contributed by atoms with Gasteiger partial charge in [0.05, 0.1) is 26.4 Å². The maximum absolute atomic E-state index is 13.0. The molecule has 0 aliphatic heterocycles. The minimum Gasteiger partial charge on any atom is -0.462 e. The first-order chi connectivity index (χ1) is 40.6. The quantitative estimate of drug-likeness (QED) is 0.0222. The van der Waals surface area contributed by atoms with Gasteiger partial charge in [0.2, 0.25) is 0 Å². The predicted octanol–water partition coefficient (Wildman–Crippen LogP) is 18.1. The topological polar surface area (TPSA) is 237 Å². The number of aliphatic hydroxyl groups is 1. The molecule has 0 amide bonds. The average Bonchev–Trinajstić information content (AvgIpc) is 3.53. The van der Waals surface area contributed by atoms with E-state index in [1.807, 2.05) is 0 Å². The van der Waals surface area contributed by atoms with Gasteiger partial charge in [0, 0.05) is 25.7 Å². The molecule has 0 saturated carbocycles. The van der Waals surface area contributed by atoms with Gasteiger partial charge in [-0.05, 0) is 49.4 Å². The Bertz CT molecular complexity index is 1700. The van der Waals surface area contributed by atoms with Gasteiger partial charge in [-0.1, -0.05) is 267 Å². The SMILES string of the molecule is CCC(C)CCCCCCCCC(=O)OC[C@H](COP(=O)(O)OCC(O)COP(=O)(O)OC[C@@H](COC(=O)CCCCCCCCCC(C)C)OC(=O)CCCCCCCCCCCCCC(C)C)OC(=O)CCCCCCCCCCC(C)C. The average molecular weight is 1260 g/mol. The molecule has 0 spiro atoms. The zero-order chi connectivity index (χ0) is 63.2. The van der Waals surface area contributed by atoms with E-state index in [0.29, 0.717) is 31.6 Å². The first-order valence-corrected chi connectivity index (χ1v) is 37.2. The normalized spacial score (nSPS) is 14.7. The number of carbonyl (C=O) groups excluding carboxylic acids is 4. The molecule has 19 heteroatoms. The highest BCUT2D eigenvalue weighted by Crippen LogP contribution is 2.45. The van der Waals surface area contributed by atoms with Gasteiger partial charge in [-0.15, -0.1) is 0 Å². The van der Waals surface area contributed by atoms with Crippen LogP contribution in [0.3, 0.4) is 0 Å². The monoisotopic (exact) mass is 1250 g/mol. The maximum Gasteiger partial charge on any atom is 0.472 e. The number of phosphoric acid groups is 2. The third-order valence-electron chi connectivity index (χ3n) is 15.4. The summed E-state index contributed by atoms with van der Waals surface area (Å²) in [6.07, 6.45) is 36.3. The molecule has 0 heterocycles. The molecule has 85 heavy (non-hydrogen) atoms. The van der Waals surface area contributed by atoms with E-state index in [-0.39, 0.29) is 25.7 Å². The molecule has 0 bridgehead atoms. The summed E-state index contributed by atoms with van der Waals surface area (Å²) >= 11 is 0. The first kappa shape index (κ1) is 83.1. The van der Waals surface area contributed by atoms with E-state index >= 15 is 0 Å². The number of aliphatic hydroxyl groups excluding tert-OH is 1. The minimum atomic E-state index is -4.95. The molecule has 6 atom stereocenters. The Morgan fingerprint density at radius 1 is 0.329 bits per heavy atom. The number of unbranched alkanes of at least 4 members (excludes halogenated alkanes) is 28. The standard InChI is InChI=1S/C66H128O17P2/c1-9-59(8)45-37-29-24-25-31-39-47-64(69)77-53-62(83-66(71)49-41-33-22-16-15-19-27-35-43-57(4)5)55-81-85(74,75)79-51-60(67)50-78-84(72,73)80-54-61(52-76-63(68)46-38-30-23-17-20-28-36-44-58(6)7)82-65(70)48-40-32-21-14-12-10-11-13-18-26-34-42-56(2)3/h56-62,67H,9-55H2,1-8H3,(H,72,73)(H,74,75)/t59?,60?,61-,62-/m1/s1. The van der Waals surface area contributed by atoms with Crippen molar-refractivity contribution in [1.29, 1.82) is 0 Å². The van der Waals surface area contributed by atoms with Crippen LogP contribution in [0.1, 0.15) is 319 Å². The molecule has 0 radical (unpaired) electrons. The Labute approximate surface area is 517 Å². The van der Waals surface area contributed by atoms with Crippen molar-refractivity contribution in [3.8, 4) is 0 Å². The molecule has 0 aromatic heterocycles. The molecule has 0 aliphatic rings. The Morgan fingerprint density at radius 2 is 0.565 bits per heavy atom. The largest absolute Gasteiger partial charge is 0.472 e. The van der Waals surface area contributed by atoms with Crippen molar-refractivity contribution in [2.24, 2.45) is 23.7 Å². The van der Waals surface area contributed by atoms with E-state index in [0.717, 1.165) is 120 Å². The fourth-order valence-corrected chi connectivity index (χ4v) is 11.3. The lowest BCUT2D eigenvalue weighted by molar-refractivity contribution is -0.161. The summed E-state index contributed by atoms with van der Waals surface area (Å²) in [5.74, 6) is 0.781. The highest BCUT2D eigenvalue weighted by Gasteiger charge is 2.30. The molecular formula is C66H128O17P2. The van der Waals surface area contributed by atoms with Crippen LogP contribution in [0, 0.1) is 23.7 Å². The Kier molecular flexibility index (Phi) is 54.8. The molecule has 0 aliphatic carbocycles. The van der Waals surface area contributed by atoms with Crippen LogP contribution in [0.5, 0.6) is 0 Å². The van der Waals surface area contributed by atoms with Gasteiger partial charge < -0.3 is 33.8 Å². The molecule has 4 unspecified atom stereocenters. The van der Waals surface area contributed by atoms with Gasteiger partial charge in [-0.2, -0.15) is 0 Å². The summed E-state index contributed by atoms with van der Waals surface area (Å²) in [5, 5.41) is 10.6. The minimum absolute atomic E-state index is 0.103. The van der Waals surface area contributed by atoms with Crippen molar-refractivity contribution < 1.29 is 80.2 Å². The lowest BCUT2D eigenvalue weighted by Gasteiger charge is -2.21. The highest BCUT2D eigenvalue weighted by molar-refractivity contribution is 7.47. The van der Waals surface area contributed by atoms with E-state index in [2.05, 4.69) is 55.4 Å². The Hall–Kier alpha value is -1.94. The third kappa shape index (κ3) is 59.5. The van der Waals surface area contributed by atoms with Crippen LogP contribution in [0.15, 0.2) is 0 Å². The molecular weight excluding hydrogens is 1130 g/mol. The number of carbonyl (C=O) groups is 4. The molecule has 3 N–H and O–H groups in total. The smallest absolute Gasteiger partial charge is 0.462 e. The fraction of sp³-hybridized carbons (Fsp3) is 0.939. The molecule has 0 aromatic carbocycles. The summed E-state index contributed by atoms with van der Waals surface area (Å²) in [4.78, 5) is 72.3. The van der Waals surface area contributed by atoms with Gasteiger partial charge in [0.1, 0.15) is 19.3 Å². The van der Waals surface area contributed by atoms with Gasteiger partial charge in [-0.3, -0.25) is 37.3 Å². The molecule has 0 fully saturated rings. The fourth-order valence-electron chi connectivity index (χ4n) is 9.75. The molecule has 0 rings (SSSR count). The number of phosphoric ester groups is 2. The Balaban J connectivity index is 5.26. The van der Waals surface area contributed by atoms with E-state index in [9.17, 15) is 43.2 Å². The van der Waals surface area contributed by atoms with Crippen molar-refractivity contribution >= 4 is 39.5 Å². The number of esters is 4. The second kappa shape index (κ2) is 56.1. The summed E-state index contributed by atoms with van der Waals surface area (Å²) < 4.78 is 68.1. The lowest BCUT2D eigenvalue weighted by atomic mass is 10.00. The number of hydrogen-bond donors (Lipinski definition) is 3. The van der Waals surface area contributed by atoms with Crippen molar-refractivity contribution in [2.45, 2.75) is 337 Å². The predicted molar refractivity (Wildman–Crippen MR) is 340 cm³/mol. The zero-order valence-corrected chi connectivity index (χ0v) is 57.0. The second-order valence-corrected chi connectivity index (χ2v) is 28.4. The zero-order valence-electron chi connectivity index (χ0n) is 55.2. The van der Waals surface area contributed by atoms with Crippen molar-refractivity contribution in [3.05, 3.63) is 0 Å². The van der Waals surface area contributed by atoms with Gasteiger partial charge in [0.15, 0.2) is 12.2 Å². The second-order valence-electron chi connectivity index (χ2n) is 25.5. The van der Waals surface area contributed by atoms with Crippen molar-refractivity contribution in [3.63, 3.8) is 0 Å². The summed E-state index contributed by atoms with van der Waals surface area (Å²) in [5.41, 5.74) is 0. The number of hydrogen-bond acceptors (Lipinski definition) is 15. The summed E-state index contributed by atoms with van der Waals surface area (Å²) in [7, 11) is -9.89. The molecule has 504 valence electrons. The van der Waals surface area contributed by atoms with Crippen LogP contribution in [-0.4, -0.2) is 96.7 Å². The number of ether oxygens (including phenoxy) is 4. The van der Waals surface area contributed by atoms with Gasteiger partial charge in [0.25, 0.3) is 0 Å². The van der Waals surface area contributed by atoms with Crippen LogP contribution in [0.25, 0.3) is 0 Å². The van der Waals surface area contributed by atoms with Crippen LogP contribution in [0.4, 0.5) is 0 Å². The first-order valence-electron chi connectivity index (χ1n) is 34.2. The van der Waals surface area contributed by atoms with Crippen LogP contribution >= 0.6 is 15.6 Å². The van der Waals surface area contributed by atoms with Crippen LogP contribution < -0.4 is 0 Å². The van der Waals surface area contributed by atoms with E-state index < -0.39 is 97.5 Å². The van der Waals surface area contributed by atoms with Gasteiger partial charge in [-0.25, -0.2) is 9.13 Å². The summed E-state index contributed by atoms with van der Waals surface area (Å²) in [6, 6.07) is 0. The highest BCUT2D eigenvalue weighted by atomic mass is 31.2. The van der Waals surface area contributed by atoms with E-state index in [4.69, 9.17) is 37.0 Å². The van der Waals surface area contributed by atoms with Crippen molar-refractivity contribution in [1.82, 2.24) is 0 Å². The Morgan fingerprint density at radius 3 is 0.835 bits per heavy atom. The van der Waals surface area contributed by atoms with Crippen LogP contribution in [-0.2, 0) is 65.4 Å². The maximum atomic E-state index is 13.0. The van der Waals surface area contributed by atoms with Crippen LogP contribution in [0.2, 0.25) is 0 Å². The molecule has 17 nitrogen and oxygen atoms in total. The molecule has 0 aromatic rings. The number of rotatable bonds is 63. The third-order valence-corrected chi connectivity index (χ3v) is 17.3. The lowest BCUT2D eigenvalue weighted by Crippen LogP contribution is -2.30.